The third-order valence-electron chi connectivity index (χ3n) is 10.0. The van der Waals surface area contributed by atoms with Gasteiger partial charge in [0.2, 0.25) is 0 Å². The predicted molar refractivity (Wildman–Crippen MR) is 103 cm³/mol. The molecule has 0 aromatic heterocycles. The van der Waals surface area contributed by atoms with Crippen molar-refractivity contribution < 1.29 is 24.9 Å². The summed E-state index contributed by atoms with van der Waals surface area (Å²) in [6.07, 6.45) is 7.69. The maximum atomic E-state index is 12.1. The fourth-order valence-electron chi connectivity index (χ4n) is 8.37. The zero-order valence-electron chi connectivity index (χ0n) is 17.1. The van der Waals surface area contributed by atoms with Crippen molar-refractivity contribution in [1.29, 1.82) is 0 Å². The average Bonchev–Trinajstić information content (AvgIpc) is 3.19. The number of rotatable bonds is 1. The summed E-state index contributed by atoms with van der Waals surface area (Å²) in [4.78, 5) is 11.6. The Labute approximate surface area is 167 Å². The highest BCUT2D eigenvalue weighted by Gasteiger charge is 2.70. The number of hydrogen-bond acceptors (Lipinski definition) is 5. The van der Waals surface area contributed by atoms with Gasteiger partial charge in [0.15, 0.2) is 0 Å². The first-order chi connectivity index (χ1) is 13.2. The fraction of sp³-hybridized carbons (Fsp3) is 0.870. The topological polar surface area (TPSA) is 87.0 Å². The highest BCUT2D eigenvalue weighted by Crippen LogP contribution is 2.69. The molecule has 1 heterocycles. The second kappa shape index (κ2) is 6.05. The third kappa shape index (κ3) is 2.27. The van der Waals surface area contributed by atoms with Crippen LogP contribution in [0.1, 0.15) is 65.2 Å². The quantitative estimate of drug-likeness (QED) is 0.599. The minimum atomic E-state index is -0.906. The van der Waals surface area contributed by atoms with Gasteiger partial charge in [0.05, 0.1) is 17.8 Å². The van der Waals surface area contributed by atoms with Crippen LogP contribution in [-0.2, 0) is 9.53 Å². The van der Waals surface area contributed by atoms with Gasteiger partial charge < -0.3 is 20.1 Å². The van der Waals surface area contributed by atoms with Crippen LogP contribution in [0.3, 0.4) is 0 Å². The first-order valence-electron chi connectivity index (χ1n) is 11.2. The van der Waals surface area contributed by atoms with Crippen molar-refractivity contribution in [3.8, 4) is 0 Å². The molecule has 5 nitrogen and oxygen atoms in total. The summed E-state index contributed by atoms with van der Waals surface area (Å²) in [7, 11) is 0. The summed E-state index contributed by atoms with van der Waals surface area (Å²) >= 11 is 0. The Balaban J connectivity index is 1.51. The number of esters is 1. The van der Waals surface area contributed by atoms with Gasteiger partial charge in [-0.2, -0.15) is 0 Å². The lowest BCUT2D eigenvalue weighted by Gasteiger charge is -2.64. The van der Waals surface area contributed by atoms with Gasteiger partial charge in [-0.1, -0.05) is 13.8 Å². The van der Waals surface area contributed by atoms with Gasteiger partial charge in [0.25, 0.3) is 0 Å². The van der Waals surface area contributed by atoms with E-state index >= 15 is 0 Å². The summed E-state index contributed by atoms with van der Waals surface area (Å²) in [6, 6.07) is 0. The van der Waals surface area contributed by atoms with E-state index in [-0.39, 0.29) is 29.3 Å². The summed E-state index contributed by atoms with van der Waals surface area (Å²) in [5, 5.41) is 33.7. The monoisotopic (exact) mass is 390 g/mol. The van der Waals surface area contributed by atoms with Crippen LogP contribution in [0.4, 0.5) is 0 Å². The molecule has 9 atom stereocenters. The Morgan fingerprint density at radius 3 is 2.54 bits per heavy atom. The van der Waals surface area contributed by atoms with E-state index in [0.29, 0.717) is 31.3 Å². The molecule has 0 bridgehead atoms. The van der Waals surface area contributed by atoms with Crippen LogP contribution >= 0.6 is 0 Å². The number of hydrogen-bond donors (Lipinski definition) is 3. The third-order valence-corrected chi connectivity index (χ3v) is 10.0. The number of carbonyl (C=O) groups is 1. The number of cyclic esters (lactones) is 1. The Kier molecular flexibility index (Phi) is 4.12. The zero-order valence-corrected chi connectivity index (χ0v) is 17.1. The van der Waals surface area contributed by atoms with Gasteiger partial charge in [-0.25, -0.2) is 4.79 Å². The number of aliphatic hydroxyl groups is 3. The highest BCUT2D eigenvalue weighted by atomic mass is 16.5. The van der Waals surface area contributed by atoms with Gasteiger partial charge in [-0.05, 0) is 86.0 Å². The zero-order chi connectivity index (χ0) is 19.9. The van der Waals surface area contributed by atoms with Gasteiger partial charge in [0.1, 0.15) is 6.61 Å². The lowest BCUT2D eigenvalue weighted by molar-refractivity contribution is -0.244. The molecule has 8 unspecified atom stereocenters. The molecule has 0 spiro atoms. The molecular formula is C23H34O5. The molecule has 0 saturated heterocycles. The molecule has 0 amide bonds. The van der Waals surface area contributed by atoms with Crippen molar-refractivity contribution in [1.82, 2.24) is 0 Å². The van der Waals surface area contributed by atoms with Crippen LogP contribution in [-0.4, -0.2) is 45.7 Å². The molecule has 156 valence electrons. The second-order valence-electron chi connectivity index (χ2n) is 10.8. The van der Waals surface area contributed by atoms with E-state index in [1.54, 1.807) is 6.08 Å². The van der Waals surface area contributed by atoms with Crippen LogP contribution in [0.2, 0.25) is 0 Å². The molecule has 0 aromatic rings. The van der Waals surface area contributed by atoms with E-state index in [0.717, 1.165) is 44.1 Å². The van der Waals surface area contributed by atoms with Crippen molar-refractivity contribution in [3.05, 3.63) is 11.6 Å². The Morgan fingerprint density at radius 1 is 1.04 bits per heavy atom. The molecule has 0 radical (unpaired) electrons. The molecule has 0 aromatic carbocycles. The highest BCUT2D eigenvalue weighted by molar-refractivity contribution is 5.85. The van der Waals surface area contributed by atoms with E-state index in [1.165, 1.54) is 0 Å². The summed E-state index contributed by atoms with van der Waals surface area (Å²) in [5.74, 6) is 0.657. The fourth-order valence-corrected chi connectivity index (χ4v) is 8.37. The smallest absolute Gasteiger partial charge is 0.331 e. The first kappa shape index (κ1) is 19.1. The number of carbonyl (C=O) groups excluding carboxylic acids is 1. The molecule has 5 heteroatoms. The molecule has 5 rings (SSSR count). The van der Waals surface area contributed by atoms with Gasteiger partial charge >= 0.3 is 5.97 Å². The lowest BCUT2D eigenvalue weighted by atomic mass is 9.42. The van der Waals surface area contributed by atoms with E-state index < -0.39 is 17.1 Å². The standard InChI is InChI=1S/C23H34O5/c1-21-7-5-15(24)10-14(21)3-4-17-18(21)11-19(25)22(2)16(6-8-23(17,22)27)13-9-20(26)28-12-13/h9,14-19,24-25,27H,3-8,10-12H2,1-2H3/t14?,15?,16?,17?,18-,19?,21?,22?,23?/m0/s1. The predicted octanol–water partition coefficient (Wildman–Crippen LogP) is 2.58. The van der Waals surface area contributed by atoms with Crippen LogP contribution in [0.25, 0.3) is 0 Å². The van der Waals surface area contributed by atoms with Crippen LogP contribution in [0, 0.1) is 34.5 Å². The molecule has 4 fully saturated rings. The van der Waals surface area contributed by atoms with Crippen molar-refractivity contribution >= 4 is 5.97 Å². The van der Waals surface area contributed by atoms with Crippen LogP contribution in [0.15, 0.2) is 11.6 Å². The van der Waals surface area contributed by atoms with Crippen molar-refractivity contribution in [2.45, 2.75) is 83.0 Å². The summed E-state index contributed by atoms with van der Waals surface area (Å²) < 4.78 is 5.16. The average molecular weight is 391 g/mol. The molecule has 3 N–H and O–H groups in total. The van der Waals surface area contributed by atoms with Crippen molar-refractivity contribution in [2.24, 2.45) is 34.5 Å². The van der Waals surface area contributed by atoms with Crippen LogP contribution in [0.5, 0.6) is 0 Å². The maximum Gasteiger partial charge on any atom is 0.331 e. The summed E-state index contributed by atoms with van der Waals surface area (Å²) in [6.45, 7) is 4.69. The van der Waals surface area contributed by atoms with E-state index in [2.05, 4.69) is 6.92 Å². The van der Waals surface area contributed by atoms with E-state index in [1.807, 2.05) is 6.92 Å². The molecule has 4 saturated carbocycles. The first-order valence-corrected chi connectivity index (χ1v) is 11.2. The largest absolute Gasteiger partial charge is 0.458 e. The van der Waals surface area contributed by atoms with E-state index in [9.17, 15) is 20.1 Å². The molecular weight excluding hydrogens is 356 g/mol. The normalized spacial score (nSPS) is 55.8. The van der Waals surface area contributed by atoms with Gasteiger partial charge in [-0.15, -0.1) is 0 Å². The SMILES string of the molecule is CC12CCC(O)CC1CCC1[C@@H]2CC(O)C2(C)C(C3=CC(=O)OC3)CCC12O. The number of ether oxygens (including phenoxy) is 1. The van der Waals surface area contributed by atoms with Gasteiger partial charge in [-0.3, -0.25) is 0 Å². The van der Waals surface area contributed by atoms with Gasteiger partial charge in [0, 0.05) is 11.5 Å². The second-order valence-corrected chi connectivity index (χ2v) is 10.8. The molecule has 4 aliphatic carbocycles. The maximum absolute atomic E-state index is 12.1. The minimum Gasteiger partial charge on any atom is -0.458 e. The minimum absolute atomic E-state index is 0.00129. The number of fused-ring (bicyclic) bond motifs is 5. The Bertz CT molecular complexity index is 718. The molecule has 5 aliphatic rings. The Hall–Kier alpha value is -0.910. The molecule has 28 heavy (non-hydrogen) atoms. The molecule has 1 aliphatic heterocycles. The lowest BCUT2D eigenvalue weighted by Crippen LogP contribution is -2.67. The summed E-state index contributed by atoms with van der Waals surface area (Å²) in [5.41, 5.74) is -0.507. The van der Waals surface area contributed by atoms with Crippen LogP contribution < -0.4 is 0 Å². The Morgan fingerprint density at radius 2 is 1.82 bits per heavy atom. The van der Waals surface area contributed by atoms with E-state index in [4.69, 9.17) is 4.74 Å². The van der Waals surface area contributed by atoms with Crippen molar-refractivity contribution in [2.75, 3.05) is 6.61 Å². The number of aliphatic hydroxyl groups excluding tert-OH is 2. The van der Waals surface area contributed by atoms with Crippen molar-refractivity contribution in [3.63, 3.8) is 0 Å².